The van der Waals surface area contributed by atoms with Gasteiger partial charge >= 0.3 is 0 Å². The van der Waals surface area contributed by atoms with E-state index >= 15 is 0 Å². The van der Waals surface area contributed by atoms with E-state index in [2.05, 4.69) is 17.1 Å². The Kier molecular flexibility index (Phi) is 6.68. The Hall–Kier alpha value is -1.10. The van der Waals surface area contributed by atoms with Crippen LogP contribution in [0.1, 0.15) is 44.3 Å². The first-order valence-electron chi connectivity index (χ1n) is 8.03. The van der Waals surface area contributed by atoms with Gasteiger partial charge in [0.1, 0.15) is 0 Å². The molecule has 1 atom stereocenters. The van der Waals surface area contributed by atoms with Gasteiger partial charge in [0.25, 0.3) is 0 Å². The zero-order valence-corrected chi connectivity index (χ0v) is 13.9. The van der Waals surface area contributed by atoms with Gasteiger partial charge in [0, 0.05) is 24.2 Å². The highest BCUT2D eigenvalue weighted by Gasteiger charge is 2.21. The number of carbonyl (C=O) groups excluding carboxylic acids is 1. The lowest BCUT2D eigenvalue weighted by Gasteiger charge is -2.32. The molecule has 1 aromatic rings. The standard InChI is InChI=1S/C17H25ClN2O2/c1-2-9-20-10-7-15(8-11-20)19-17(22)12-16(21)13-3-5-14(18)6-4-13/h3-6,15-16,21H,2,7-12H2,1H3,(H,19,22). The average Bonchev–Trinajstić information content (AvgIpc) is 2.50. The van der Waals surface area contributed by atoms with Crippen LogP contribution in [0.4, 0.5) is 0 Å². The number of aliphatic hydroxyl groups is 1. The van der Waals surface area contributed by atoms with Crippen molar-refractivity contribution in [2.24, 2.45) is 0 Å². The van der Waals surface area contributed by atoms with E-state index in [1.54, 1.807) is 24.3 Å². The van der Waals surface area contributed by atoms with Crippen LogP contribution in [0.25, 0.3) is 0 Å². The number of likely N-dealkylation sites (tertiary alicyclic amines) is 1. The first-order valence-corrected chi connectivity index (χ1v) is 8.41. The molecular formula is C17H25ClN2O2. The van der Waals surface area contributed by atoms with Gasteiger partial charge in [0.15, 0.2) is 0 Å². The van der Waals surface area contributed by atoms with Gasteiger partial charge in [-0.25, -0.2) is 0 Å². The number of hydrogen-bond acceptors (Lipinski definition) is 3. The molecule has 0 spiro atoms. The molecule has 1 aromatic carbocycles. The first-order chi connectivity index (χ1) is 10.6. The molecule has 0 bridgehead atoms. The minimum atomic E-state index is -0.780. The maximum absolute atomic E-state index is 12.1. The van der Waals surface area contributed by atoms with E-state index in [1.807, 2.05) is 0 Å². The highest BCUT2D eigenvalue weighted by Crippen LogP contribution is 2.19. The predicted molar refractivity (Wildman–Crippen MR) is 88.9 cm³/mol. The Bertz CT molecular complexity index is 470. The molecule has 0 radical (unpaired) electrons. The first kappa shape index (κ1) is 17.3. The van der Waals surface area contributed by atoms with E-state index in [-0.39, 0.29) is 18.4 Å². The summed E-state index contributed by atoms with van der Waals surface area (Å²) >= 11 is 5.82. The van der Waals surface area contributed by atoms with Crippen LogP contribution in [0.2, 0.25) is 5.02 Å². The average molecular weight is 325 g/mol. The topological polar surface area (TPSA) is 52.6 Å². The van der Waals surface area contributed by atoms with Crippen molar-refractivity contribution < 1.29 is 9.90 Å². The molecule has 5 heteroatoms. The fourth-order valence-electron chi connectivity index (χ4n) is 2.88. The fourth-order valence-corrected chi connectivity index (χ4v) is 3.01. The minimum Gasteiger partial charge on any atom is -0.388 e. The molecule has 0 saturated carbocycles. The smallest absolute Gasteiger partial charge is 0.223 e. The van der Waals surface area contributed by atoms with Crippen LogP contribution in [-0.4, -0.2) is 41.6 Å². The summed E-state index contributed by atoms with van der Waals surface area (Å²) in [6, 6.07) is 7.19. The van der Waals surface area contributed by atoms with Crippen LogP contribution < -0.4 is 5.32 Å². The molecule has 0 aromatic heterocycles. The Morgan fingerprint density at radius 3 is 2.59 bits per heavy atom. The van der Waals surface area contributed by atoms with E-state index in [0.29, 0.717) is 5.02 Å². The van der Waals surface area contributed by atoms with Gasteiger partial charge < -0.3 is 15.3 Å². The van der Waals surface area contributed by atoms with E-state index in [4.69, 9.17) is 11.6 Å². The molecule has 1 amide bonds. The second-order valence-corrected chi connectivity index (χ2v) is 6.39. The quantitative estimate of drug-likeness (QED) is 0.846. The number of rotatable bonds is 6. The number of carbonyl (C=O) groups is 1. The monoisotopic (exact) mass is 324 g/mol. The van der Waals surface area contributed by atoms with Gasteiger partial charge in [-0.05, 0) is 43.5 Å². The highest BCUT2D eigenvalue weighted by atomic mass is 35.5. The van der Waals surface area contributed by atoms with Gasteiger partial charge in [-0.3, -0.25) is 4.79 Å². The third-order valence-electron chi connectivity index (χ3n) is 4.13. The van der Waals surface area contributed by atoms with Crippen molar-refractivity contribution in [3.63, 3.8) is 0 Å². The van der Waals surface area contributed by atoms with E-state index in [0.717, 1.165) is 38.0 Å². The molecule has 1 saturated heterocycles. The Morgan fingerprint density at radius 1 is 1.36 bits per heavy atom. The molecule has 4 nitrogen and oxygen atoms in total. The summed E-state index contributed by atoms with van der Waals surface area (Å²) in [4.78, 5) is 14.5. The number of benzene rings is 1. The van der Waals surface area contributed by atoms with Gasteiger partial charge in [0.05, 0.1) is 12.5 Å². The summed E-state index contributed by atoms with van der Waals surface area (Å²) < 4.78 is 0. The third kappa shape index (κ3) is 5.27. The van der Waals surface area contributed by atoms with Crippen molar-refractivity contribution in [2.45, 2.75) is 44.8 Å². The van der Waals surface area contributed by atoms with Crippen LogP contribution in [0.15, 0.2) is 24.3 Å². The summed E-state index contributed by atoms with van der Waals surface area (Å²) in [7, 11) is 0. The molecule has 2 rings (SSSR count). The molecule has 1 aliphatic heterocycles. The van der Waals surface area contributed by atoms with Crippen molar-refractivity contribution in [2.75, 3.05) is 19.6 Å². The second-order valence-electron chi connectivity index (χ2n) is 5.95. The molecule has 1 aliphatic rings. The number of halogens is 1. The molecule has 22 heavy (non-hydrogen) atoms. The lowest BCUT2D eigenvalue weighted by Crippen LogP contribution is -2.45. The molecular weight excluding hydrogens is 300 g/mol. The molecule has 122 valence electrons. The predicted octanol–water partition coefficient (Wildman–Crippen LogP) is 2.75. The van der Waals surface area contributed by atoms with Gasteiger partial charge in [-0.1, -0.05) is 30.7 Å². The second kappa shape index (κ2) is 8.51. The number of nitrogens with zero attached hydrogens (tertiary/aromatic N) is 1. The summed E-state index contributed by atoms with van der Waals surface area (Å²) in [6.45, 7) is 5.40. The molecule has 1 heterocycles. The fraction of sp³-hybridized carbons (Fsp3) is 0.588. The van der Waals surface area contributed by atoms with Gasteiger partial charge in [-0.2, -0.15) is 0 Å². The van der Waals surface area contributed by atoms with Crippen LogP contribution in [0, 0.1) is 0 Å². The van der Waals surface area contributed by atoms with Crippen molar-refractivity contribution in [3.8, 4) is 0 Å². The van der Waals surface area contributed by atoms with Gasteiger partial charge in [-0.15, -0.1) is 0 Å². The number of aliphatic hydroxyl groups excluding tert-OH is 1. The Morgan fingerprint density at radius 2 is 2.00 bits per heavy atom. The summed E-state index contributed by atoms with van der Waals surface area (Å²) in [5.74, 6) is -0.0867. The number of hydrogen-bond donors (Lipinski definition) is 2. The van der Waals surface area contributed by atoms with Crippen LogP contribution in [0.3, 0.4) is 0 Å². The van der Waals surface area contributed by atoms with E-state index in [9.17, 15) is 9.90 Å². The lowest BCUT2D eigenvalue weighted by molar-refractivity contribution is -0.124. The summed E-state index contributed by atoms with van der Waals surface area (Å²) in [5.41, 5.74) is 0.720. The number of nitrogens with one attached hydrogen (secondary N) is 1. The number of amides is 1. The summed E-state index contributed by atoms with van der Waals surface area (Å²) in [6.07, 6.45) is 2.46. The van der Waals surface area contributed by atoms with Crippen molar-refractivity contribution in [1.29, 1.82) is 0 Å². The van der Waals surface area contributed by atoms with Crippen LogP contribution in [0.5, 0.6) is 0 Å². The molecule has 2 N–H and O–H groups in total. The van der Waals surface area contributed by atoms with Crippen LogP contribution >= 0.6 is 11.6 Å². The normalized spacial score (nSPS) is 18.1. The van der Waals surface area contributed by atoms with E-state index in [1.165, 1.54) is 6.42 Å². The van der Waals surface area contributed by atoms with Crippen LogP contribution in [-0.2, 0) is 4.79 Å². The van der Waals surface area contributed by atoms with Crippen molar-refractivity contribution in [3.05, 3.63) is 34.9 Å². The molecule has 1 unspecified atom stereocenters. The third-order valence-corrected chi connectivity index (χ3v) is 4.38. The zero-order valence-electron chi connectivity index (χ0n) is 13.1. The maximum Gasteiger partial charge on any atom is 0.223 e. The minimum absolute atomic E-state index is 0.0867. The highest BCUT2D eigenvalue weighted by molar-refractivity contribution is 6.30. The van der Waals surface area contributed by atoms with E-state index < -0.39 is 6.10 Å². The SMILES string of the molecule is CCCN1CCC(NC(=O)CC(O)c2ccc(Cl)cc2)CC1. The van der Waals surface area contributed by atoms with Crippen molar-refractivity contribution in [1.82, 2.24) is 10.2 Å². The van der Waals surface area contributed by atoms with Gasteiger partial charge in [0.2, 0.25) is 5.91 Å². The lowest BCUT2D eigenvalue weighted by atomic mass is 10.0. The van der Waals surface area contributed by atoms with Crippen molar-refractivity contribution >= 4 is 17.5 Å². The molecule has 1 fully saturated rings. The molecule has 0 aliphatic carbocycles. The Balaban J connectivity index is 1.75. The number of piperidine rings is 1. The summed E-state index contributed by atoms with van der Waals surface area (Å²) in [5, 5.41) is 13.8. The maximum atomic E-state index is 12.1. The Labute approximate surface area is 137 Å². The largest absolute Gasteiger partial charge is 0.388 e. The zero-order chi connectivity index (χ0) is 15.9.